The van der Waals surface area contributed by atoms with Crippen LogP contribution in [-0.4, -0.2) is 42.8 Å². The lowest BCUT2D eigenvalue weighted by Gasteiger charge is -2.27. The SMILES string of the molecule is CC(=CC(=O)N(C1CC1)C1CCS(=O)(=O)C1)c1ccccc1Cl. The second-order valence-corrected chi connectivity index (χ2v) is 8.98. The van der Waals surface area contributed by atoms with Gasteiger partial charge < -0.3 is 4.90 Å². The van der Waals surface area contributed by atoms with Gasteiger partial charge in [-0.3, -0.25) is 4.79 Å². The number of amides is 1. The number of carbonyl (C=O) groups excluding carboxylic acids is 1. The van der Waals surface area contributed by atoms with Gasteiger partial charge in [0.15, 0.2) is 9.84 Å². The number of hydrogen-bond donors (Lipinski definition) is 0. The van der Waals surface area contributed by atoms with Gasteiger partial charge in [-0.1, -0.05) is 29.8 Å². The third-order valence-corrected chi connectivity index (χ3v) is 6.52. The normalized spacial score (nSPS) is 23.7. The van der Waals surface area contributed by atoms with Gasteiger partial charge in [0.25, 0.3) is 0 Å². The zero-order valence-corrected chi connectivity index (χ0v) is 14.6. The van der Waals surface area contributed by atoms with Gasteiger partial charge in [0.05, 0.1) is 11.5 Å². The number of allylic oxidation sites excluding steroid dienone is 1. The van der Waals surface area contributed by atoms with E-state index in [0.29, 0.717) is 11.4 Å². The lowest BCUT2D eigenvalue weighted by atomic mass is 10.1. The van der Waals surface area contributed by atoms with Crippen LogP contribution >= 0.6 is 11.6 Å². The third kappa shape index (κ3) is 3.78. The Morgan fingerprint density at radius 1 is 1.22 bits per heavy atom. The molecule has 3 rings (SSSR count). The molecule has 1 heterocycles. The van der Waals surface area contributed by atoms with Crippen LogP contribution in [0.2, 0.25) is 5.02 Å². The molecule has 1 saturated carbocycles. The molecular weight excluding hydrogens is 334 g/mol. The van der Waals surface area contributed by atoms with Crippen LogP contribution in [0.1, 0.15) is 31.7 Å². The molecule has 1 unspecified atom stereocenters. The summed E-state index contributed by atoms with van der Waals surface area (Å²) in [5, 5.41) is 0.607. The van der Waals surface area contributed by atoms with Crippen molar-refractivity contribution in [1.29, 1.82) is 0 Å². The van der Waals surface area contributed by atoms with Gasteiger partial charge in [-0.2, -0.15) is 0 Å². The fourth-order valence-corrected chi connectivity index (χ4v) is 5.12. The summed E-state index contributed by atoms with van der Waals surface area (Å²) in [6.07, 6.45) is 4.05. The first-order chi connectivity index (χ1) is 10.9. The minimum Gasteiger partial charge on any atom is -0.332 e. The number of halogens is 1. The molecule has 1 aliphatic carbocycles. The molecule has 1 saturated heterocycles. The molecule has 0 aromatic heterocycles. The molecule has 2 aliphatic rings. The number of nitrogens with zero attached hydrogens (tertiary/aromatic N) is 1. The molecule has 6 heteroatoms. The average molecular weight is 354 g/mol. The van der Waals surface area contributed by atoms with Crippen LogP contribution in [0.4, 0.5) is 0 Å². The van der Waals surface area contributed by atoms with E-state index in [4.69, 9.17) is 11.6 Å². The molecular formula is C17H20ClNO3S. The van der Waals surface area contributed by atoms with E-state index in [0.717, 1.165) is 24.0 Å². The Morgan fingerprint density at radius 3 is 2.48 bits per heavy atom. The maximum Gasteiger partial charge on any atom is 0.247 e. The summed E-state index contributed by atoms with van der Waals surface area (Å²) in [5.74, 6) is 0.169. The number of carbonyl (C=O) groups is 1. The van der Waals surface area contributed by atoms with E-state index in [1.165, 1.54) is 0 Å². The summed E-state index contributed by atoms with van der Waals surface area (Å²) < 4.78 is 23.5. The van der Waals surface area contributed by atoms with Gasteiger partial charge in [0, 0.05) is 23.2 Å². The Bertz CT molecular complexity index is 753. The zero-order chi connectivity index (χ0) is 16.6. The standard InChI is InChI=1S/C17H20ClNO3S/c1-12(15-4-2-3-5-16(15)18)10-17(20)19(13-6-7-13)14-8-9-23(21,22)11-14/h2-5,10,13-14H,6-9,11H2,1H3. The summed E-state index contributed by atoms with van der Waals surface area (Å²) >= 11 is 6.18. The van der Waals surface area contributed by atoms with Crippen molar-refractivity contribution in [2.45, 2.75) is 38.3 Å². The highest BCUT2D eigenvalue weighted by atomic mass is 35.5. The highest BCUT2D eigenvalue weighted by Crippen LogP contribution is 2.33. The predicted octanol–water partition coefficient (Wildman–Crippen LogP) is 2.92. The van der Waals surface area contributed by atoms with Gasteiger partial charge in [-0.25, -0.2) is 8.42 Å². The molecule has 1 atom stereocenters. The molecule has 1 aromatic carbocycles. The van der Waals surface area contributed by atoms with Crippen LogP contribution < -0.4 is 0 Å². The Kier molecular flexibility index (Phi) is 4.52. The number of benzene rings is 1. The smallest absolute Gasteiger partial charge is 0.247 e. The largest absolute Gasteiger partial charge is 0.332 e. The second-order valence-electron chi connectivity index (χ2n) is 6.34. The zero-order valence-electron chi connectivity index (χ0n) is 13.0. The Morgan fingerprint density at radius 2 is 1.91 bits per heavy atom. The van der Waals surface area contributed by atoms with Crippen molar-refractivity contribution in [3.05, 3.63) is 40.9 Å². The molecule has 124 valence electrons. The quantitative estimate of drug-likeness (QED) is 0.782. The summed E-state index contributed by atoms with van der Waals surface area (Å²) in [7, 11) is -3.00. The predicted molar refractivity (Wildman–Crippen MR) is 92.0 cm³/mol. The molecule has 0 spiro atoms. The van der Waals surface area contributed by atoms with Gasteiger partial charge in [-0.15, -0.1) is 0 Å². The fraction of sp³-hybridized carbons (Fsp3) is 0.471. The van der Waals surface area contributed by atoms with Crippen molar-refractivity contribution in [1.82, 2.24) is 4.90 Å². The fourth-order valence-electron chi connectivity index (χ4n) is 3.12. The average Bonchev–Trinajstić information content (AvgIpc) is 3.23. The van der Waals surface area contributed by atoms with Crippen molar-refractivity contribution in [2.75, 3.05) is 11.5 Å². The van der Waals surface area contributed by atoms with Crippen LogP contribution in [0.15, 0.2) is 30.3 Å². The monoisotopic (exact) mass is 353 g/mol. The van der Waals surface area contributed by atoms with E-state index in [1.54, 1.807) is 17.0 Å². The minimum atomic E-state index is -3.00. The van der Waals surface area contributed by atoms with Crippen molar-refractivity contribution >= 4 is 32.9 Å². The molecule has 23 heavy (non-hydrogen) atoms. The summed E-state index contributed by atoms with van der Waals surface area (Å²) in [4.78, 5) is 14.5. The first-order valence-electron chi connectivity index (χ1n) is 7.83. The Balaban J connectivity index is 1.82. The Hall–Kier alpha value is -1.33. The van der Waals surface area contributed by atoms with Crippen molar-refractivity contribution in [2.24, 2.45) is 0 Å². The molecule has 4 nitrogen and oxygen atoms in total. The maximum atomic E-state index is 12.7. The van der Waals surface area contributed by atoms with Gasteiger partial charge in [0.2, 0.25) is 5.91 Å². The van der Waals surface area contributed by atoms with E-state index < -0.39 is 9.84 Å². The molecule has 1 aromatic rings. The minimum absolute atomic E-state index is 0.0915. The molecule has 0 N–H and O–H groups in total. The Labute approximate surface area is 142 Å². The number of sulfone groups is 1. The maximum absolute atomic E-state index is 12.7. The summed E-state index contributed by atoms with van der Waals surface area (Å²) in [6.45, 7) is 1.86. The van der Waals surface area contributed by atoms with Crippen LogP contribution in [0, 0.1) is 0 Å². The van der Waals surface area contributed by atoms with Crippen molar-refractivity contribution in [3.63, 3.8) is 0 Å². The van der Waals surface area contributed by atoms with E-state index in [2.05, 4.69) is 0 Å². The lowest BCUT2D eigenvalue weighted by molar-refractivity contribution is -0.128. The molecule has 1 amide bonds. The van der Waals surface area contributed by atoms with Crippen LogP contribution in [0.25, 0.3) is 5.57 Å². The number of rotatable bonds is 4. The highest BCUT2D eigenvalue weighted by Gasteiger charge is 2.41. The van der Waals surface area contributed by atoms with E-state index in [9.17, 15) is 13.2 Å². The molecule has 1 aliphatic heterocycles. The van der Waals surface area contributed by atoms with Crippen molar-refractivity contribution < 1.29 is 13.2 Å². The first kappa shape index (κ1) is 16.5. The second kappa shape index (κ2) is 6.29. The summed E-state index contributed by atoms with van der Waals surface area (Å²) in [6, 6.07) is 7.40. The van der Waals surface area contributed by atoms with Crippen LogP contribution in [0.3, 0.4) is 0 Å². The summed E-state index contributed by atoms with van der Waals surface area (Å²) in [5.41, 5.74) is 1.63. The molecule has 0 radical (unpaired) electrons. The van der Waals surface area contributed by atoms with E-state index in [-0.39, 0.29) is 29.5 Å². The highest BCUT2D eigenvalue weighted by molar-refractivity contribution is 7.91. The first-order valence-corrected chi connectivity index (χ1v) is 10.0. The lowest BCUT2D eigenvalue weighted by Crippen LogP contribution is -2.42. The van der Waals surface area contributed by atoms with Gasteiger partial charge in [-0.05, 0) is 43.4 Å². The van der Waals surface area contributed by atoms with E-state index in [1.807, 2.05) is 25.1 Å². The van der Waals surface area contributed by atoms with Gasteiger partial charge >= 0.3 is 0 Å². The topological polar surface area (TPSA) is 54.5 Å². The van der Waals surface area contributed by atoms with Crippen molar-refractivity contribution in [3.8, 4) is 0 Å². The van der Waals surface area contributed by atoms with Crippen LogP contribution in [-0.2, 0) is 14.6 Å². The van der Waals surface area contributed by atoms with Gasteiger partial charge in [0.1, 0.15) is 0 Å². The van der Waals surface area contributed by atoms with E-state index >= 15 is 0 Å². The number of hydrogen-bond acceptors (Lipinski definition) is 3. The van der Waals surface area contributed by atoms with Crippen LogP contribution in [0.5, 0.6) is 0 Å². The molecule has 2 fully saturated rings. The third-order valence-electron chi connectivity index (χ3n) is 4.44. The molecule has 0 bridgehead atoms.